The van der Waals surface area contributed by atoms with Gasteiger partial charge in [-0.3, -0.25) is 14.9 Å². The Kier molecular flexibility index (Phi) is 3.50. The van der Waals surface area contributed by atoms with Crippen molar-refractivity contribution in [2.45, 2.75) is 19.3 Å². The molecular weight excluding hydrogens is 298 g/mol. The summed E-state index contributed by atoms with van der Waals surface area (Å²) in [6, 6.07) is 2.90. The molecule has 0 radical (unpaired) electrons. The molecule has 2 aromatic rings. The molecule has 3 rings (SSSR count). The molecule has 0 saturated carbocycles. The molecule has 1 aliphatic carbocycles. The molecule has 1 heterocycles. The van der Waals surface area contributed by atoms with E-state index in [1.165, 1.54) is 6.07 Å². The normalized spacial score (nSPS) is 13.9. The summed E-state index contributed by atoms with van der Waals surface area (Å²) in [7, 11) is 0. The average molecular weight is 308 g/mol. The van der Waals surface area contributed by atoms with E-state index in [0.717, 1.165) is 29.9 Å². The molecule has 0 unspecified atom stereocenters. The molecule has 0 bridgehead atoms. The topological polar surface area (TPSA) is 59.1 Å². The van der Waals surface area contributed by atoms with Crippen LogP contribution in [0.3, 0.4) is 0 Å². The number of carbonyl (C=O) groups excluding carboxylic acids is 2. The molecular formula is C14H10F2N2O2S. The number of nitrogens with zero attached hydrogens (tertiary/aromatic N) is 1. The molecule has 0 spiro atoms. The van der Waals surface area contributed by atoms with Gasteiger partial charge < -0.3 is 0 Å². The van der Waals surface area contributed by atoms with Gasteiger partial charge in [0.15, 0.2) is 22.5 Å². The van der Waals surface area contributed by atoms with Gasteiger partial charge in [-0.2, -0.15) is 0 Å². The SMILES string of the molecule is O=C(Nc1nc2c(s1)C(=O)CCC2)c1ccc(F)c(F)c1. The number of ketones is 1. The second kappa shape index (κ2) is 5.33. The summed E-state index contributed by atoms with van der Waals surface area (Å²) in [6.07, 6.45) is 1.95. The fourth-order valence-electron chi connectivity index (χ4n) is 2.13. The van der Waals surface area contributed by atoms with Crippen molar-refractivity contribution in [1.29, 1.82) is 0 Å². The maximum absolute atomic E-state index is 13.1. The van der Waals surface area contributed by atoms with Crippen molar-refractivity contribution in [1.82, 2.24) is 4.98 Å². The maximum Gasteiger partial charge on any atom is 0.257 e. The minimum Gasteiger partial charge on any atom is -0.298 e. The lowest BCUT2D eigenvalue weighted by Crippen LogP contribution is -2.12. The Morgan fingerprint density at radius 3 is 2.76 bits per heavy atom. The van der Waals surface area contributed by atoms with E-state index < -0.39 is 17.5 Å². The van der Waals surface area contributed by atoms with Gasteiger partial charge in [0, 0.05) is 12.0 Å². The highest BCUT2D eigenvalue weighted by Crippen LogP contribution is 2.29. The number of fused-ring (bicyclic) bond motifs is 1. The zero-order valence-corrected chi connectivity index (χ0v) is 11.6. The van der Waals surface area contributed by atoms with Gasteiger partial charge in [0.05, 0.1) is 10.6 Å². The van der Waals surface area contributed by atoms with Crippen LogP contribution < -0.4 is 5.32 Å². The van der Waals surface area contributed by atoms with Gasteiger partial charge in [0.2, 0.25) is 0 Å². The van der Waals surface area contributed by atoms with Crippen molar-refractivity contribution in [3.05, 3.63) is 46.0 Å². The highest BCUT2D eigenvalue weighted by molar-refractivity contribution is 7.17. The van der Waals surface area contributed by atoms with E-state index in [2.05, 4.69) is 10.3 Å². The number of thiazole rings is 1. The van der Waals surface area contributed by atoms with E-state index in [-0.39, 0.29) is 11.3 Å². The van der Waals surface area contributed by atoms with Crippen LogP contribution in [-0.4, -0.2) is 16.7 Å². The molecule has 0 atom stereocenters. The minimum atomic E-state index is -1.09. The van der Waals surface area contributed by atoms with Crippen LogP contribution in [0, 0.1) is 11.6 Å². The fourth-order valence-corrected chi connectivity index (χ4v) is 3.10. The molecule has 7 heteroatoms. The van der Waals surface area contributed by atoms with E-state index in [0.29, 0.717) is 28.5 Å². The lowest BCUT2D eigenvalue weighted by Gasteiger charge is -2.05. The molecule has 1 aliphatic rings. The Bertz CT molecular complexity index is 743. The van der Waals surface area contributed by atoms with E-state index >= 15 is 0 Å². The molecule has 0 fully saturated rings. The summed E-state index contributed by atoms with van der Waals surface area (Å²) in [5.74, 6) is -2.66. The lowest BCUT2D eigenvalue weighted by atomic mass is 10.0. The second-order valence-corrected chi connectivity index (χ2v) is 5.65. The Balaban J connectivity index is 1.81. The van der Waals surface area contributed by atoms with Crippen LogP contribution in [0.25, 0.3) is 0 Å². The highest BCUT2D eigenvalue weighted by Gasteiger charge is 2.23. The number of Topliss-reactive ketones (excluding diaryl/α,β-unsaturated/α-hetero) is 1. The van der Waals surface area contributed by atoms with Gasteiger partial charge in [-0.15, -0.1) is 0 Å². The molecule has 108 valence electrons. The molecule has 21 heavy (non-hydrogen) atoms. The third-order valence-corrected chi connectivity index (χ3v) is 4.22. The molecule has 0 aliphatic heterocycles. The Hall–Kier alpha value is -2.15. The maximum atomic E-state index is 13.1. The van der Waals surface area contributed by atoms with Gasteiger partial charge >= 0.3 is 0 Å². The third-order valence-electron chi connectivity index (χ3n) is 3.17. The Morgan fingerprint density at radius 2 is 2.05 bits per heavy atom. The number of hydrogen-bond acceptors (Lipinski definition) is 4. The summed E-state index contributed by atoms with van der Waals surface area (Å²) in [5.41, 5.74) is 0.685. The molecule has 0 saturated heterocycles. The Morgan fingerprint density at radius 1 is 1.24 bits per heavy atom. The van der Waals surface area contributed by atoms with Gasteiger partial charge in [-0.25, -0.2) is 13.8 Å². The lowest BCUT2D eigenvalue weighted by molar-refractivity contribution is 0.0975. The van der Waals surface area contributed by atoms with Crippen molar-refractivity contribution in [2.75, 3.05) is 5.32 Å². The summed E-state index contributed by atoms with van der Waals surface area (Å²) in [6.45, 7) is 0. The summed E-state index contributed by atoms with van der Waals surface area (Å²) in [4.78, 5) is 28.4. The van der Waals surface area contributed by atoms with Gasteiger partial charge in [0.25, 0.3) is 5.91 Å². The number of anilines is 1. The van der Waals surface area contributed by atoms with Crippen LogP contribution in [0.5, 0.6) is 0 Å². The van der Waals surface area contributed by atoms with Crippen LogP contribution in [-0.2, 0) is 6.42 Å². The molecule has 1 amide bonds. The molecule has 4 nitrogen and oxygen atoms in total. The first-order chi connectivity index (χ1) is 10.0. The summed E-state index contributed by atoms with van der Waals surface area (Å²) < 4.78 is 25.9. The van der Waals surface area contributed by atoms with Crippen molar-refractivity contribution in [2.24, 2.45) is 0 Å². The van der Waals surface area contributed by atoms with Gasteiger partial charge in [-0.1, -0.05) is 11.3 Å². The van der Waals surface area contributed by atoms with E-state index in [9.17, 15) is 18.4 Å². The standard InChI is InChI=1S/C14H10F2N2O2S/c15-8-5-4-7(6-9(8)16)13(20)18-14-17-10-2-1-3-11(19)12(10)21-14/h4-6H,1-3H2,(H,17,18,20). The van der Waals surface area contributed by atoms with E-state index in [1.54, 1.807) is 0 Å². The Labute approximate surface area is 122 Å². The van der Waals surface area contributed by atoms with E-state index in [1.807, 2.05) is 0 Å². The fraction of sp³-hybridized carbons (Fsp3) is 0.214. The molecule has 1 aromatic heterocycles. The average Bonchev–Trinajstić information content (AvgIpc) is 2.86. The number of nitrogens with one attached hydrogen (secondary N) is 1. The number of halogens is 2. The number of benzene rings is 1. The smallest absolute Gasteiger partial charge is 0.257 e. The van der Waals surface area contributed by atoms with Gasteiger partial charge in [-0.05, 0) is 31.0 Å². The zero-order valence-electron chi connectivity index (χ0n) is 10.8. The number of aromatic nitrogens is 1. The minimum absolute atomic E-state index is 0.00611. The van der Waals surface area contributed by atoms with Crippen LogP contribution in [0.2, 0.25) is 0 Å². The number of aryl methyl sites for hydroxylation is 1. The van der Waals surface area contributed by atoms with Crippen LogP contribution in [0.4, 0.5) is 13.9 Å². The van der Waals surface area contributed by atoms with Crippen molar-refractivity contribution in [3.63, 3.8) is 0 Å². The summed E-state index contributed by atoms with van der Waals surface area (Å²) >= 11 is 1.11. The van der Waals surface area contributed by atoms with Crippen LogP contribution in [0.15, 0.2) is 18.2 Å². The van der Waals surface area contributed by atoms with Crippen LogP contribution >= 0.6 is 11.3 Å². The molecule has 1 aromatic carbocycles. The second-order valence-electron chi connectivity index (χ2n) is 4.65. The predicted molar refractivity (Wildman–Crippen MR) is 73.7 cm³/mol. The van der Waals surface area contributed by atoms with Crippen LogP contribution in [0.1, 0.15) is 38.6 Å². The number of amides is 1. The number of hydrogen-bond donors (Lipinski definition) is 1. The monoisotopic (exact) mass is 308 g/mol. The number of carbonyl (C=O) groups is 2. The first kappa shape index (κ1) is 13.8. The number of rotatable bonds is 2. The largest absolute Gasteiger partial charge is 0.298 e. The van der Waals surface area contributed by atoms with Crippen molar-refractivity contribution < 1.29 is 18.4 Å². The van der Waals surface area contributed by atoms with Crippen molar-refractivity contribution in [3.8, 4) is 0 Å². The first-order valence-corrected chi connectivity index (χ1v) is 7.15. The molecule has 1 N–H and O–H groups in total. The van der Waals surface area contributed by atoms with Crippen molar-refractivity contribution >= 4 is 28.2 Å². The zero-order chi connectivity index (χ0) is 15.0. The summed E-state index contributed by atoms with van der Waals surface area (Å²) in [5, 5.41) is 2.81. The van der Waals surface area contributed by atoms with Gasteiger partial charge in [0.1, 0.15) is 0 Å². The highest BCUT2D eigenvalue weighted by atomic mass is 32.1. The predicted octanol–water partition coefficient (Wildman–Crippen LogP) is 3.19. The quantitative estimate of drug-likeness (QED) is 0.927. The van der Waals surface area contributed by atoms with E-state index in [4.69, 9.17) is 0 Å². The first-order valence-electron chi connectivity index (χ1n) is 6.34. The third kappa shape index (κ3) is 2.69.